The maximum absolute atomic E-state index is 14.1. The van der Waals surface area contributed by atoms with Crippen molar-refractivity contribution >= 4 is 39.5 Å². The lowest BCUT2D eigenvalue weighted by Gasteiger charge is -2.12. The topological polar surface area (TPSA) is 58.2 Å². The Balaban J connectivity index is 1.89. The highest BCUT2D eigenvalue weighted by Gasteiger charge is 2.15. The number of anilines is 1. The molecule has 0 saturated heterocycles. The van der Waals surface area contributed by atoms with Crippen LogP contribution in [0.25, 0.3) is 6.08 Å². The minimum absolute atomic E-state index is 0.0677. The molecule has 0 atom stereocenters. The Hall–Kier alpha value is -3.25. The Labute approximate surface area is 170 Å². The van der Waals surface area contributed by atoms with Gasteiger partial charge in [-0.1, -0.05) is 52.3 Å². The third-order valence-electron chi connectivity index (χ3n) is 3.84. The molecule has 0 aliphatic rings. The molecule has 3 rings (SSSR count). The standard InChI is InChI=1S/C22H16BrFN2O2/c23-17-10-12-18(13-11-17)25-22(28)20(14-16-8-4-5-9-19(16)24)26-21(27)15-6-2-1-3-7-15/h1-14H,(H,25,28)(H,26,27)/b20-14-. The Morgan fingerprint density at radius 3 is 2.18 bits per heavy atom. The number of nitrogens with one attached hydrogen (secondary N) is 2. The van der Waals surface area contributed by atoms with E-state index < -0.39 is 17.6 Å². The van der Waals surface area contributed by atoms with Crippen LogP contribution in [0, 0.1) is 5.82 Å². The first kappa shape index (κ1) is 19.5. The third-order valence-corrected chi connectivity index (χ3v) is 4.36. The zero-order valence-electron chi connectivity index (χ0n) is 14.7. The molecule has 28 heavy (non-hydrogen) atoms. The Morgan fingerprint density at radius 2 is 1.50 bits per heavy atom. The summed E-state index contributed by atoms with van der Waals surface area (Å²) in [5.74, 6) is -1.52. The van der Waals surface area contributed by atoms with Gasteiger partial charge in [0, 0.05) is 21.3 Å². The lowest BCUT2D eigenvalue weighted by molar-refractivity contribution is -0.113. The van der Waals surface area contributed by atoms with Crippen molar-refractivity contribution in [3.05, 3.63) is 106 Å². The number of hydrogen-bond donors (Lipinski definition) is 2. The van der Waals surface area contributed by atoms with Gasteiger partial charge in [0.25, 0.3) is 11.8 Å². The average molecular weight is 439 g/mol. The molecule has 0 spiro atoms. The summed E-state index contributed by atoms with van der Waals surface area (Å²) in [4.78, 5) is 25.3. The van der Waals surface area contributed by atoms with Crippen molar-refractivity contribution in [2.75, 3.05) is 5.32 Å². The van der Waals surface area contributed by atoms with Gasteiger partial charge < -0.3 is 10.6 Å². The van der Waals surface area contributed by atoms with Crippen LogP contribution in [0.5, 0.6) is 0 Å². The van der Waals surface area contributed by atoms with Crippen LogP contribution in [-0.4, -0.2) is 11.8 Å². The monoisotopic (exact) mass is 438 g/mol. The minimum atomic E-state index is -0.560. The van der Waals surface area contributed by atoms with Gasteiger partial charge in [0.05, 0.1) is 0 Å². The fourth-order valence-electron chi connectivity index (χ4n) is 2.42. The highest BCUT2D eigenvalue weighted by molar-refractivity contribution is 9.10. The van der Waals surface area contributed by atoms with E-state index in [0.717, 1.165) is 4.47 Å². The predicted molar refractivity (Wildman–Crippen MR) is 111 cm³/mol. The largest absolute Gasteiger partial charge is 0.321 e. The van der Waals surface area contributed by atoms with Crippen molar-refractivity contribution in [2.45, 2.75) is 0 Å². The highest BCUT2D eigenvalue weighted by Crippen LogP contribution is 2.16. The van der Waals surface area contributed by atoms with Crippen molar-refractivity contribution in [3.63, 3.8) is 0 Å². The summed E-state index contributed by atoms with van der Waals surface area (Å²) in [6.45, 7) is 0. The number of halogens is 2. The summed E-state index contributed by atoms with van der Waals surface area (Å²) < 4.78 is 14.9. The molecule has 0 fully saturated rings. The summed E-state index contributed by atoms with van der Waals surface area (Å²) in [5, 5.41) is 5.28. The molecule has 0 aliphatic carbocycles. The van der Waals surface area contributed by atoms with Crippen LogP contribution in [-0.2, 0) is 4.79 Å². The second-order valence-corrected chi connectivity index (χ2v) is 6.78. The zero-order chi connectivity index (χ0) is 19.9. The van der Waals surface area contributed by atoms with E-state index in [0.29, 0.717) is 11.3 Å². The van der Waals surface area contributed by atoms with Crippen LogP contribution in [0.15, 0.2) is 89.0 Å². The van der Waals surface area contributed by atoms with Crippen LogP contribution in [0.1, 0.15) is 15.9 Å². The summed E-state index contributed by atoms with van der Waals surface area (Å²) in [6.07, 6.45) is 1.31. The van der Waals surface area contributed by atoms with Crippen LogP contribution < -0.4 is 10.6 Å². The van der Waals surface area contributed by atoms with E-state index in [9.17, 15) is 14.0 Å². The van der Waals surface area contributed by atoms with Crippen molar-refractivity contribution in [1.82, 2.24) is 5.32 Å². The normalized spacial score (nSPS) is 11.0. The number of benzene rings is 3. The number of carbonyl (C=O) groups is 2. The lowest BCUT2D eigenvalue weighted by atomic mass is 10.1. The van der Waals surface area contributed by atoms with E-state index in [1.54, 1.807) is 66.7 Å². The molecule has 0 saturated carbocycles. The minimum Gasteiger partial charge on any atom is -0.321 e. The van der Waals surface area contributed by atoms with Crippen LogP contribution in [0.4, 0.5) is 10.1 Å². The van der Waals surface area contributed by atoms with Crippen LogP contribution >= 0.6 is 15.9 Å². The van der Waals surface area contributed by atoms with Gasteiger partial charge in [-0.15, -0.1) is 0 Å². The maximum Gasteiger partial charge on any atom is 0.272 e. The van der Waals surface area contributed by atoms with Crippen molar-refractivity contribution < 1.29 is 14.0 Å². The van der Waals surface area contributed by atoms with Crippen molar-refractivity contribution in [1.29, 1.82) is 0 Å². The van der Waals surface area contributed by atoms with Gasteiger partial charge in [-0.05, 0) is 48.5 Å². The quantitative estimate of drug-likeness (QED) is 0.550. The van der Waals surface area contributed by atoms with Gasteiger partial charge in [-0.3, -0.25) is 9.59 Å². The van der Waals surface area contributed by atoms with Crippen molar-refractivity contribution in [3.8, 4) is 0 Å². The molecular weight excluding hydrogens is 423 g/mol. The summed E-state index contributed by atoms with van der Waals surface area (Å²) in [7, 11) is 0. The highest BCUT2D eigenvalue weighted by atomic mass is 79.9. The van der Waals surface area contributed by atoms with E-state index in [1.807, 2.05) is 0 Å². The number of hydrogen-bond acceptors (Lipinski definition) is 2. The average Bonchev–Trinajstić information content (AvgIpc) is 2.71. The van der Waals surface area contributed by atoms with E-state index in [1.165, 1.54) is 18.2 Å². The van der Waals surface area contributed by atoms with E-state index in [-0.39, 0.29) is 11.3 Å². The van der Waals surface area contributed by atoms with E-state index in [4.69, 9.17) is 0 Å². The second-order valence-electron chi connectivity index (χ2n) is 5.86. The lowest BCUT2D eigenvalue weighted by Crippen LogP contribution is -2.30. The molecule has 140 valence electrons. The fraction of sp³-hybridized carbons (Fsp3) is 0. The smallest absolute Gasteiger partial charge is 0.272 e. The molecule has 3 aromatic rings. The van der Waals surface area contributed by atoms with Crippen molar-refractivity contribution in [2.24, 2.45) is 0 Å². The number of amides is 2. The van der Waals surface area contributed by atoms with Gasteiger partial charge in [-0.25, -0.2) is 4.39 Å². The molecule has 3 aromatic carbocycles. The fourth-order valence-corrected chi connectivity index (χ4v) is 2.69. The molecule has 0 aliphatic heterocycles. The molecule has 0 heterocycles. The number of rotatable bonds is 5. The predicted octanol–water partition coefficient (Wildman–Crippen LogP) is 5.00. The van der Waals surface area contributed by atoms with Gasteiger partial charge in [0.1, 0.15) is 11.5 Å². The molecule has 0 unspecified atom stereocenters. The molecule has 2 N–H and O–H groups in total. The van der Waals surface area contributed by atoms with Crippen LogP contribution in [0.2, 0.25) is 0 Å². The molecule has 0 aromatic heterocycles. The van der Waals surface area contributed by atoms with Gasteiger partial charge >= 0.3 is 0 Å². The van der Waals surface area contributed by atoms with Crippen LogP contribution in [0.3, 0.4) is 0 Å². The first-order chi connectivity index (χ1) is 13.5. The first-order valence-corrected chi connectivity index (χ1v) is 9.22. The summed E-state index contributed by atoms with van der Waals surface area (Å²) >= 11 is 3.33. The Kier molecular flexibility index (Phi) is 6.34. The zero-order valence-corrected chi connectivity index (χ0v) is 16.2. The summed E-state index contributed by atoms with van der Waals surface area (Å²) in [6, 6.07) is 21.5. The molecule has 0 radical (unpaired) electrons. The Bertz CT molecular complexity index is 1020. The van der Waals surface area contributed by atoms with Gasteiger partial charge in [-0.2, -0.15) is 0 Å². The Morgan fingerprint density at radius 1 is 0.857 bits per heavy atom. The SMILES string of the molecule is O=C(Nc1ccc(Br)cc1)/C(=C/c1ccccc1F)NC(=O)c1ccccc1. The second kappa shape index (κ2) is 9.10. The molecule has 2 amide bonds. The molecule has 0 bridgehead atoms. The molecule has 4 nitrogen and oxygen atoms in total. The van der Waals surface area contributed by atoms with E-state index in [2.05, 4.69) is 26.6 Å². The van der Waals surface area contributed by atoms with Gasteiger partial charge in [0.2, 0.25) is 0 Å². The van der Waals surface area contributed by atoms with E-state index >= 15 is 0 Å². The molecule has 6 heteroatoms. The van der Waals surface area contributed by atoms with Gasteiger partial charge in [0.15, 0.2) is 0 Å². The first-order valence-electron chi connectivity index (χ1n) is 8.42. The molecular formula is C22H16BrFN2O2. The third kappa shape index (κ3) is 5.14. The maximum atomic E-state index is 14.1. The summed E-state index contributed by atoms with van der Waals surface area (Å²) in [5.41, 5.74) is 1.05. The number of carbonyl (C=O) groups excluding carboxylic acids is 2.